The maximum absolute atomic E-state index is 10.9. The molecule has 6 nitrogen and oxygen atoms in total. The fraction of sp³-hybridized carbons (Fsp3) is 0. The Labute approximate surface area is 181 Å². The van der Waals surface area contributed by atoms with E-state index >= 15 is 0 Å². The van der Waals surface area contributed by atoms with Crippen LogP contribution in [0.15, 0.2) is 72.2 Å². The highest BCUT2D eigenvalue weighted by molar-refractivity contribution is 7.11. The molecule has 0 spiro atoms. The minimum Gasteiger partial charge on any atom is -0.317 e. The Bertz CT molecular complexity index is 1280. The molecule has 0 radical (unpaired) electrons. The van der Waals surface area contributed by atoms with Crippen molar-refractivity contribution in [2.75, 3.05) is 0 Å². The Morgan fingerprint density at radius 3 is 2.57 bits per heavy atom. The molecule has 4 aromatic rings. The van der Waals surface area contributed by atoms with Crippen LogP contribution in [0.4, 0.5) is 5.69 Å². The number of aromatic nitrogens is 2. The minimum atomic E-state index is -0.436. The number of hydrogen-bond donors (Lipinski definition) is 0. The lowest BCUT2D eigenvalue weighted by atomic mass is 10.2. The van der Waals surface area contributed by atoms with E-state index in [1.165, 1.54) is 23.5 Å². The van der Waals surface area contributed by atoms with Gasteiger partial charge in [-0.2, -0.15) is 5.26 Å². The van der Waals surface area contributed by atoms with Crippen molar-refractivity contribution in [1.82, 2.24) is 9.55 Å². The van der Waals surface area contributed by atoms with Gasteiger partial charge in [-0.05, 0) is 42.5 Å². The number of thiazole rings is 1. The van der Waals surface area contributed by atoms with Crippen LogP contribution in [0.3, 0.4) is 0 Å². The molecule has 0 atom stereocenters. The van der Waals surface area contributed by atoms with Crippen LogP contribution in [0.5, 0.6) is 0 Å². The second kappa shape index (κ2) is 8.33. The van der Waals surface area contributed by atoms with Gasteiger partial charge in [-0.25, -0.2) is 4.98 Å². The molecule has 0 bridgehead atoms. The zero-order valence-corrected chi connectivity index (χ0v) is 17.0. The average molecular weight is 433 g/mol. The normalized spacial score (nSPS) is 11.3. The van der Waals surface area contributed by atoms with E-state index in [9.17, 15) is 15.4 Å². The lowest BCUT2D eigenvalue weighted by Crippen LogP contribution is -1.96. The summed E-state index contributed by atoms with van der Waals surface area (Å²) in [4.78, 5) is 15.0. The van der Waals surface area contributed by atoms with Crippen molar-refractivity contribution >= 4 is 40.3 Å². The van der Waals surface area contributed by atoms with E-state index in [0.29, 0.717) is 15.6 Å². The van der Waals surface area contributed by atoms with Gasteiger partial charge in [0, 0.05) is 45.7 Å². The molecule has 30 heavy (non-hydrogen) atoms. The molecule has 0 N–H and O–H groups in total. The van der Waals surface area contributed by atoms with Crippen molar-refractivity contribution in [3.8, 4) is 23.0 Å². The molecule has 146 valence electrons. The first-order valence-corrected chi connectivity index (χ1v) is 10.1. The SMILES string of the molecule is N#C/C(=C\c1cccn1-c1ccc([N+](=O)[O-])cc1)c1nc(-c2ccc(Cl)cc2)cs1. The van der Waals surface area contributed by atoms with E-state index in [1.54, 1.807) is 30.3 Å². The monoisotopic (exact) mass is 432 g/mol. The number of rotatable bonds is 5. The Kier molecular flexibility index (Phi) is 5.44. The molecule has 0 aliphatic rings. The number of halogens is 1. The Morgan fingerprint density at radius 1 is 1.17 bits per heavy atom. The molecule has 0 saturated carbocycles. The van der Waals surface area contributed by atoms with Gasteiger partial charge in [0.2, 0.25) is 0 Å². The second-order valence-corrected chi connectivity index (χ2v) is 7.59. The van der Waals surface area contributed by atoms with Crippen LogP contribution < -0.4 is 0 Å². The summed E-state index contributed by atoms with van der Waals surface area (Å²) in [6.45, 7) is 0. The molecule has 2 aromatic carbocycles. The lowest BCUT2D eigenvalue weighted by Gasteiger charge is -2.06. The smallest absolute Gasteiger partial charge is 0.269 e. The zero-order chi connectivity index (χ0) is 21.1. The Balaban J connectivity index is 1.66. The van der Waals surface area contributed by atoms with Crippen LogP contribution >= 0.6 is 22.9 Å². The molecule has 4 rings (SSSR count). The Morgan fingerprint density at radius 2 is 1.90 bits per heavy atom. The molecule has 2 heterocycles. The summed E-state index contributed by atoms with van der Waals surface area (Å²) in [7, 11) is 0. The van der Waals surface area contributed by atoms with Crippen molar-refractivity contribution < 1.29 is 4.92 Å². The number of hydrogen-bond acceptors (Lipinski definition) is 5. The van der Waals surface area contributed by atoms with E-state index in [2.05, 4.69) is 11.1 Å². The van der Waals surface area contributed by atoms with Gasteiger partial charge in [0.15, 0.2) is 0 Å². The number of non-ortho nitro benzene ring substituents is 1. The molecule has 0 saturated heterocycles. The first-order chi connectivity index (χ1) is 14.5. The maximum Gasteiger partial charge on any atom is 0.269 e. The fourth-order valence-corrected chi connectivity index (χ4v) is 3.84. The zero-order valence-electron chi connectivity index (χ0n) is 15.4. The summed E-state index contributed by atoms with van der Waals surface area (Å²) in [5.74, 6) is 0. The summed E-state index contributed by atoms with van der Waals surface area (Å²) in [6.07, 6.45) is 3.59. The summed E-state index contributed by atoms with van der Waals surface area (Å²) < 4.78 is 1.86. The topological polar surface area (TPSA) is 84.8 Å². The van der Waals surface area contributed by atoms with Gasteiger partial charge < -0.3 is 4.57 Å². The summed E-state index contributed by atoms with van der Waals surface area (Å²) in [6, 6.07) is 19.6. The number of benzene rings is 2. The number of nitriles is 1. The average Bonchev–Trinajstić information content (AvgIpc) is 3.42. The van der Waals surface area contributed by atoms with Gasteiger partial charge in [-0.3, -0.25) is 10.1 Å². The second-order valence-electron chi connectivity index (χ2n) is 6.29. The third-order valence-corrected chi connectivity index (χ3v) is 5.53. The molecule has 2 aromatic heterocycles. The molecule has 0 unspecified atom stereocenters. The van der Waals surface area contributed by atoms with E-state index in [-0.39, 0.29) is 5.69 Å². The van der Waals surface area contributed by atoms with E-state index in [4.69, 9.17) is 11.6 Å². The van der Waals surface area contributed by atoms with Crippen molar-refractivity contribution in [2.24, 2.45) is 0 Å². The Hall–Kier alpha value is -3.73. The number of nitrogens with zero attached hydrogens (tertiary/aromatic N) is 4. The third-order valence-electron chi connectivity index (χ3n) is 4.41. The quantitative estimate of drug-likeness (QED) is 0.212. The largest absolute Gasteiger partial charge is 0.317 e. The highest BCUT2D eigenvalue weighted by atomic mass is 35.5. The maximum atomic E-state index is 10.9. The summed E-state index contributed by atoms with van der Waals surface area (Å²) in [5.41, 5.74) is 3.69. The molecule has 0 fully saturated rings. The van der Waals surface area contributed by atoms with Crippen LogP contribution in [0.1, 0.15) is 10.7 Å². The van der Waals surface area contributed by atoms with Gasteiger partial charge >= 0.3 is 0 Å². The van der Waals surface area contributed by atoms with Crippen LogP contribution in [0.25, 0.3) is 28.6 Å². The van der Waals surface area contributed by atoms with Crippen molar-refractivity contribution in [1.29, 1.82) is 5.26 Å². The molecular formula is C22H13ClN4O2S. The van der Waals surface area contributed by atoms with Crippen molar-refractivity contribution in [2.45, 2.75) is 0 Å². The van der Waals surface area contributed by atoms with E-state index in [1.807, 2.05) is 40.4 Å². The molecular weight excluding hydrogens is 420 g/mol. The highest BCUT2D eigenvalue weighted by Gasteiger charge is 2.11. The minimum absolute atomic E-state index is 0.0261. The van der Waals surface area contributed by atoms with Crippen molar-refractivity contribution in [3.05, 3.63) is 98.1 Å². The fourth-order valence-electron chi connectivity index (χ4n) is 2.92. The highest BCUT2D eigenvalue weighted by Crippen LogP contribution is 2.28. The predicted molar refractivity (Wildman–Crippen MR) is 118 cm³/mol. The predicted octanol–water partition coefficient (Wildman–Crippen LogP) is 6.23. The van der Waals surface area contributed by atoms with Crippen LogP contribution in [-0.2, 0) is 0 Å². The molecule has 0 aliphatic carbocycles. The van der Waals surface area contributed by atoms with Gasteiger partial charge in [-0.1, -0.05) is 23.7 Å². The third kappa shape index (κ3) is 4.01. The lowest BCUT2D eigenvalue weighted by molar-refractivity contribution is -0.384. The first-order valence-electron chi connectivity index (χ1n) is 8.81. The molecule has 0 aliphatic heterocycles. The number of nitro benzene ring substituents is 1. The van der Waals surface area contributed by atoms with Gasteiger partial charge in [0.25, 0.3) is 5.69 Å². The van der Waals surface area contributed by atoms with Crippen LogP contribution in [0.2, 0.25) is 5.02 Å². The standard InChI is InChI=1S/C22H13ClN4O2S/c23-17-5-3-15(4-6-17)21-14-30-22(25-21)16(13-24)12-20-2-1-11-26(20)18-7-9-19(10-8-18)27(28)29/h1-12,14H/b16-12+. The first kappa shape index (κ1) is 19.6. The summed E-state index contributed by atoms with van der Waals surface area (Å²) >= 11 is 7.33. The number of nitro groups is 1. The molecule has 0 amide bonds. The van der Waals surface area contributed by atoms with Crippen LogP contribution in [0, 0.1) is 21.4 Å². The number of allylic oxidation sites excluding steroid dienone is 1. The van der Waals surface area contributed by atoms with Gasteiger partial charge in [0.1, 0.15) is 11.1 Å². The van der Waals surface area contributed by atoms with Crippen molar-refractivity contribution in [3.63, 3.8) is 0 Å². The molecule has 8 heteroatoms. The van der Waals surface area contributed by atoms with Crippen LogP contribution in [-0.4, -0.2) is 14.5 Å². The van der Waals surface area contributed by atoms with E-state index in [0.717, 1.165) is 22.6 Å². The van der Waals surface area contributed by atoms with E-state index < -0.39 is 4.92 Å². The van der Waals surface area contributed by atoms with Gasteiger partial charge in [-0.15, -0.1) is 11.3 Å². The summed E-state index contributed by atoms with van der Waals surface area (Å²) in [5, 5.41) is 23.7. The van der Waals surface area contributed by atoms with Gasteiger partial charge in [0.05, 0.1) is 16.2 Å².